The standard InChI is InChI=1S/C8H19N2OP/c9-6-8(11)5-7-3-1-2-4-10(7)12/h7-8,11H,1-6,9,12H2. The summed E-state index contributed by atoms with van der Waals surface area (Å²) in [6.07, 6.45) is 4.25. The van der Waals surface area contributed by atoms with Crippen molar-refractivity contribution in [2.45, 2.75) is 37.8 Å². The number of aliphatic hydroxyl groups excluding tert-OH is 1. The van der Waals surface area contributed by atoms with Crippen molar-refractivity contribution >= 4 is 9.39 Å². The fourth-order valence-electron chi connectivity index (χ4n) is 1.69. The highest BCUT2D eigenvalue weighted by molar-refractivity contribution is 7.13. The first-order chi connectivity index (χ1) is 5.74. The van der Waals surface area contributed by atoms with E-state index in [-0.39, 0.29) is 6.10 Å². The van der Waals surface area contributed by atoms with Crippen molar-refractivity contribution < 1.29 is 5.11 Å². The van der Waals surface area contributed by atoms with Gasteiger partial charge in [0.05, 0.1) is 6.10 Å². The van der Waals surface area contributed by atoms with Gasteiger partial charge in [0, 0.05) is 19.1 Å². The predicted molar refractivity (Wildman–Crippen MR) is 53.7 cm³/mol. The summed E-state index contributed by atoms with van der Waals surface area (Å²) in [5, 5.41) is 9.37. The average Bonchev–Trinajstić information content (AvgIpc) is 2.09. The quantitative estimate of drug-likeness (QED) is 0.631. The first kappa shape index (κ1) is 10.4. The minimum atomic E-state index is -0.323. The van der Waals surface area contributed by atoms with Crippen LogP contribution in [0.2, 0.25) is 0 Å². The normalized spacial score (nSPS) is 28.8. The second-order valence-corrected chi connectivity index (χ2v) is 4.18. The summed E-state index contributed by atoms with van der Waals surface area (Å²) in [6.45, 7) is 1.52. The monoisotopic (exact) mass is 190 g/mol. The zero-order valence-corrected chi connectivity index (χ0v) is 8.60. The van der Waals surface area contributed by atoms with Crippen LogP contribution in [0.25, 0.3) is 0 Å². The molecule has 1 heterocycles. The summed E-state index contributed by atoms with van der Waals surface area (Å²) in [4.78, 5) is 0. The van der Waals surface area contributed by atoms with Gasteiger partial charge in [-0.05, 0) is 19.3 Å². The van der Waals surface area contributed by atoms with Gasteiger partial charge in [-0.25, -0.2) is 0 Å². The number of aliphatic hydroxyl groups is 1. The maximum absolute atomic E-state index is 9.37. The van der Waals surface area contributed by atoms with E-state index in [1.54, 1.807) is 0 Å². The highest BCUT2D eigenvalue weighted by Crippen LogP contribution is 2.23. The molecule has 0 aromatic heterocycles. The second kappa shape index (κ2) is 5.13. The molecule has 0 saturated carbocycles. The van der Waals surface area contributed by atoms with Crippen LogP contribution >= 0.6 is 9.39 Å². The van der Waals surface area contributed by atoms with E-state index in [9.17, 15) is 5.11 Å². The molecule has 4 heteroatoms. The molecule has 0 aliphatic carbocycles. The van der Waals surface area contributed by atoms with Gasteiger partial charge >= 0.3 is 0 Å². The molecule has 12 heavy (non-hydrogen) atoms. The molecule has 3 nitrogen and oxygen atoms in total. The van der Waals surface area contributed by atoms with Crippen LogP contribution in [-0.4, -0.2) is 35.0 Å². The topological polar surface area (TPSA) is 49.5 Å². The van der Waals surface area contributed by atoms with Crippen LogP contribution in [0.3, 0.4) is 0 Å². The Morgan fingerprint density at radius 1 is 1.58 bits per heavy atom. The minimum Gasteiger partial charge on any atom is -0.392 e. The number of piperidine rings is 1. The number of rotatable bonds is 3. The molecule has 0 amide bonds. The number of hydrogen-bond donors (Lipinski definition) is 2. The molecule has 0 radical (unpaired) electrons. The van der Waals surface area contributed by atoms with Gasteiger partial charge in [0.2, 0.25) is 0 Å². The van der Waals surface area contributed by atoms with E-state index < -0.39 is 0 Å². The fraction of sp³-hybridized carbons (Fsp3) is 1.00. The van der Waals surface area contributed by atoms with Crippen LogP contribution in [0, 0.1) is 0 Å². The lowest BCUT2D eigenvalue weighted by Crippen LogP contribution is -2.36. The van der Waals surface area contributed by atoms with Crippen LogP contribution in [0.1, 0.15) is 25.7 Å². The lowest BCUT2D eigenvalue weighted by atomic mass is 9.99. The summed E-state index contributed by atoms with van der Waals surface area (Å²) in [5.41, 5.74) is 5.36. The van der Waals surface area contributed by atoms with Gasteiger partial charge in [0.1, 0.15) is 0 Å². The third kappa shape index (κ3) is 2.98. The van der Waals surface area contributed by atoms with Crippen molar-refractivity contribution in [2.24, 2.45) is 5.73 Å². The van der Waals surface area contributed by atoms with Crippen LogP contribution in [-0.2, 0) is 0 Å². The van der Waals surface area contributed by atoms with Crippen LogP contribution in [0.5, 0.6) is 0 Å². The van der Waals surface area contributed by atoms with Crippen molar-refractivity contribution in [3.05, 3.63) is 0 Å². The Morgan fingerprint density at radius 2 is 2.33 bits per heavy atom. The molecule has 0 aromatic carbocycles. The maximum atomic E-state index is 9.37. The van der Waals surface area contributed by atoms with E-state index >= 15 is 0 Å². The predicted octanol–water partition coefficient (Wildman–Crippen LogP) is 0.341. The third-order valence-corrected chi connectivity index (χ3v) is 3.17. The molecule has 0 bridgehead atoms. The smallest absolute Gasteiger partial charge is 0.0677 e. The summed E-state index contributed by atoms with van der Waals surface area (Å²) in [6, 6.07) is 0.516. The van der Waals surface area contributed by atoms with Gasteiger partial charge in [-0.15, -0.1) is 0 Å². The number of hydrogen-bond acceptors (Lipinski definition) is 3. The SMILES string of the molecule is NCC(O)CC1CCCCN1P. The first-order valence-corrected chi connectivity index (χ1v) is 5.15. The maximum Gasteiger partial charge on any atom is 0.0677 e. The highest BCUT2D eigenvalue weighted by atomic mass is 31.0. The summed E-state index contributed by atoms with van der Waals surface area (Å²) >= 11 is 0. The fourth-order valence-corrected chi connectivity index (χ4v) is 2.14. The average molecular weight is 190 g/mol. The Labute approximate surface area is 76.6 Å². The third-order valence-electron chi connectivity index (χ3n) is 2.49. The minimum absolute atomic E-state index is 0.323. The molecule has 72 valence electrons. The Bertz CT molecular complexity index is 134. The van der Waals surface area contributed by atoms with E-state index in [4.69, 9.17) is 5.73 Å². The van der Waals surface area contributed by atoms with Crippen molar-refractivity contribution in [3.63, 3.8) is 0 Å². The van der Waals surface area contributed by atoms with E-state index in [1.165, 1.54) is 19.3 Å². The summed E-state index contributed by atoms with van der Waals surface area (Å²) in [5.74, 6) is 0. The molecule has 1 fully saturated rings. The molecule has 1 saturated heterocycles. The molecule has 0 aromatic rings. The van der Waals surface area contributed by atoms with Gasteiger partial charge in [0.15, 0.2) is 0 Å². The molecule has 3 atom stereocenters. The Balaban J connectivity index is 2.28. The van der Waals surface area contributed by atoms with E-state index in [0.29, 0.717) is 12.6 Å². The Kier molecular flexibility index (Phi) is 4.44. The number of nitrogens with zero attached hydrogens (tertiary/aromatic N) is 1. The van der Waals surface area contributed by atoms with Gasteiger partial charge < -0.3 is 10.8 Å². The van der Waals surface area contributed by atoms with E-state index in [1.807, 2.05) is 0 Å². The molecular formula is C8H19N2OP. The van der Waals surface area contributed by atoms with Gasteiger partial charge in [-0.2, -0.15) is 0 Å². The van der Waals surface area contributed by atoms with Crippen LogP contribution < -0.4 is 5.73 Å². The molecule has 3 unspecified atom stereocenters. The largest absolute Gasteiger partial charge is 0.392 e. The Morgan fingerprint density at radius 3 is 2.92 bits per heavy atom. The Hall–Kier alpha value is 0.310. The summed E-state index contributed by atoms with van der Waals surface area (Å²) in [7, 11) is 2.74. The van der Waals surface area contributed by atoms with E-state index in [2.05, 4.69) is 14.1 Å². The van der Waals surface area contributed by atoms with Crippen molar-refractivity contribution in [1.82, 2.24) is 4.67 Å². The molecule has 3 N–H and O–H groups in total. The van der Waals surface area contributed by atoms with Crippen LogP contribution in [0.15, 0.2) is 0 Å². The number of nitrogens with two attached hydrogens (primary N) is 1. The van der Waals surface area contributed by atoms with Crippen molar-refractivity contribution in [1.29, 1.82) is 0 Å². The zero-order valence-electron chi connectivity index (χ0n) is 7.45. The lowest BCUT2D eigenvalue weighted by molar-refractivity contribution is 0.127. The molecule has 1 aliphatic rings. The molecule has 1 rings (SSSR count). The summed E-state index contributed by atoms with van der Waals surface area (Å²) < 4.78 is 2.25. The van der Waals surface area contributed by atoms with Gasteiger partial charge in [0.25, 0.3) is 0 Å². The van der Waals surface area contributed by atoms with Gasteiger partial charge in [-0.3, -0.25) is 4.67 Å². The lowest BCUT2D eigenvalue weighted by Gasteiger charge is -2.33. The molecule has 0 spiro atoms. The first-order valence-electron chi connectivity index (χ1n) is 4.63. The van der Waals surface area contributed by atoms with Gasteiger partial charge in [-0.1, -0.05) is 15.8 Å². The molecular weight excluding hydrogens is 171 g/mol. The highest BCUT2D eigenvalue weighted by Gasteiger charge is 2.21. The van der Waals surface area contributed by atoms with Crippen molar-refractivity contribution in [3.8, 4) is 0 Å². The van der Waals surface area contributed by atoms with Crippen LogP contribution in [0.4, 0.5) is 0 Å². The zero-order chi connectivity index (χ0) is 8.97. The van der Waals surface area contributed by atoms with Crippen molar-refractivity contribution in [2.75, 3.05) is 13.1 Å². The molecule has 1 aliphatic heterocycles. The van der Waals surface area contributed by atoms with E-state index in [0.717, 1.165) is 13.0 Å². The second-order valence-electron chi connectivity index (χ2n) is 3.51.